The normalized spacial score (nSPS) is 12.2. The molecule has 2 aromatic heterocycles. The Morgan fingerprint density at radius 2 is 2.07 bits per heavy atom. The second kappa shape index (κ2) is 2.60. The summed E-state index contributed by atoms with van der Waals surface area (Å²) in [6.45, 7) is 0. The first kappa shape index (κ1) is 8.79. The summed E-state index contributed by atoms with van der Waals surface area (Å²) < 4.78 is 41.3. The van der Waals surface area contributed by atoms with Crippen molar-refractivity contribution < 1.29 is 17.7 Å². The van der Waals surface area contributed by atoms with Crippen molar-refractivity contribution in [2.45, 2.75) is 6.18 Å². The molecule has 74 valence electrons. The summed E-state index contributed by atoms with van der Waals surface area (Å²) in [5, 5.41) is 2.67. The van der Waals surface area contributed by atoms with Gasteiger partial charge >= 0.3 is 6.18 Å². The number of nitrogens with zero attached hydrogens (tertiary/aromatic N) is 2. The lowest BCUT2D eigenvalue weighted by Crippen LogP contribution is -2.05. The van der Waals surface area contributed by atoms with Crippen LogP contribution in [-0.2, 0) is 6.18 Å². The summed E-state index contributed by atoms with van der Waals surface area (Å²) in [6, 6.07) is 1.13. The van der Waals surface area contributed by atoms with Crippen LogP contribution in [0, 0.1) is 0 Å². The molecule has 14 heavy (non-hydrogen) atoms. The van der Waals surface area contributed by atoms with E-state index in [1.807, 2.05) is 0 Å². The van der Waals surface area contributed by atoms with E-state index in [4.69, 9.17) is 5.73 Å². The smallest absolute Gasteiger partial charge is 0.397 e. The summed E-state index contributed by atoms with van der Waals surface area (Å²) in [4.78, 5) is 3.56. The number of aromatic nitrogens is 2. The van der Waals surface area contributed by atoms with Crippen LogP contribution in [0.4, 0.5) is 18.9 Å². The summed E-state index contributed by atoms with van der Waals surface area (Å²) in [6.07, 6.45) is -3.35. The van der Waals surface area contributed by atoms with Crippen molar-refractivity contribution in [3.8, 4) is 0 Å². The first-order chi connectivity index (χ1) is 6.48. The maximum absolute atomic E-state index is 12.3. The largest absolute Gasteiger partial charge is 0.437 e. The molecule has 0 aliphatic carbocycles. The van der Waals surface area contributed by atoms with Gasteiger partial charge in [0.15, 0.2) is 5.69 Å². The Morgan fingerprint density at radius 3 is 2.71 bits per heavy atom. The van der Waals surface area contributed by atoms with Gasteiger partial charge in [0.1, 0.15) is 0 Å². The number of hydrogen-bond acceptors (Lipinski definition) is 4. The standard InChI is InChI=1S/C7H4F3N3O/c8-7(9,10)5-4-1-3(11)2-12-6(4)14-13-5/h1-2H,11H2. The molecule has 2 N–H and O–H groups in total. The molecule has 0 aliphatic rings. The highest BCUT2D eigenvalue weighted by Crippen LogP contribution is 2.33. The molecule has 4 nitrogen and oxygen atoms in total. The Kier molecular flexibility index (Phi) is 1.63. The van der Waals surface area contributed by atoms with Crippen LogP contribution < -0.4 is 5.73 Å². The molecule has 2 aromatic rings. The van der Waals surface area contributed by atoms with Crippen LogP contribution in [0.1, 0.15) is 5.69 Å². The molecule has 2 rings (SSSR count). The highest BCUT2D eigenvalue weighted by molar-refractivity contribution is 5.79. The topological polar surface area (TPSA) is 64.9 Å². The van der Waals surface area contributed by atoms with Crippen molar-refractivity contribution >= 4 is 16.8 Å². The molecule has 0 saturated carbocycles. The number of anilines is 1. The van der Waals surface area contributed by atoms with E-state index >= 15 is 0 Å². The van der Waals surface area contributed by atoms with Gasteiger partial charge < -0.3 is 10.3 Å². The van der Waals surface area contributed by atoms with E-state index in [1.165, 1.54) is 6.20 Å². The quantitative estimate of drug-likeness (QED) is 0.709. The zero-order chi connectivity index (χ0) is 10.3. The van der Waals surface area contributed by atoms with Crippen molar-refractivity contribution in [3.05, 3.63) is 18.0 Å². The summed E-state index contributed by atoms with van der Waals surface area (Å²) in [5.41, 5.74) is 4.15. The van der Waals surface area contributed by atoms with Crippen LogP contribution in [0.3, 0.4) is 0 Å². The average molecular weight is 203 g/mol. The first-order valence-electron chi connectivity index (χ1n) is 3.56. The lowest BCUT2D eigenvalue weighted by atomic mass is 10.2. The lowest BCUT2D eigenvalue weighted by molar-refractivity contribution is -0.141. The number of nitrogen functional groups attached to an aromatic ring is 1. The average Bonchev–Trinajstić information content (AvgIpc) is 2.45. The van der Waals surface area contributed by atoms with Gasteiger partial charge in [-0.1, -0.05) is 5.16 Å². The summed E-state index contributed by atoms with van der Waals surface area (Å²) in [7, 11) is 0. The number of nitrogens with two attached hydrogens (primary N) is 1. The number of rotatable bonds is 0. The summed E-state index contributed by atoms with van der Waals surface area (Å²) in [5.74, 6) is 0. The molecule has 0 fully saturated rings. The number of pyridine rings is 1. The molecule has 0 saturated heterocycles. The highest BCUT2D eigenvalue weighted by Gasteiger charge is 2.37. The Balaban J connectivity index is 2.73. The molecule has 0 spiro atoms. The van der Waals surface area contributed by atoms with E-state index in [9.17, 15) is 13.2 Å². The molecule has 0 unspecified atom stereocenters. The van der Waals surface area contributed by atoms with Gasteiger partial charge in [-0.3, -0.25) is 0 Å². The van der Waals surface area contributed by atoms with Crippen molar-refractivity contribution in [2.75, 3.05) is 5.73 Å². The summed E-state index contributed by atoms with van der Waals surface area (Å²) >= 11 is 0. The predicted molar refractivity (Wildman–Crippen MR) is 41.2 cm³/mol. The predicted octanol–water partition coefficient (Wildman–Crippen LogP) is 1.82. The Labute approximate surface area is 75.5 Å². The van der Waals surface area contributed by atoms with E-state index in [2.05, 4.69) is 14.7 Å². The van der Waals surface area contributed by atoms with E-state index in [1.54, 1.807) is 0 Å². The number of halogens is 3. The second-order valence-electron chi connectivity index (χ2n) is 2.65. The van der Waals surface area contributed by atoms with E-state index < -0.39 is 11.9 Å². The van der Waals surface area contributed by atoms with Gasteiger partial charge in [-0.05, 0) is 6.07 Å². The molecule has 0 aliphatic heterocycles. The molecular formula is C7H4F3N3O. The van der Waals surface area contributed by atoms with Gasteiger partial charge in [0.25, 0.3) is 5.71 Å². The number of alkyl halides is 3. The second-order valence-corrected chi connectivity index (χ2v) is 2.65. The highest BCUT2D eigenvalue weighted by atomic mass is 19.4. The maximum atomic E-state index is 12.3. The third kappa shape index (κ3) is 1.26. The minimum atomic E-state index is -4.55. The molecular weight excluding hydrogens is 199 g/mol. The Morgan fingerprint density at radius 1 is 1.36 bits per heavy atom. The minimum absolute atomic E-state index is 0.131. The fraction of sp³-hybridized carbons (Fsp3) is 0.143. The molecule has 0 amide bonds. The first-order valence-corrected chi connectivity index (χ1v) is 3.56. The number of hydrogen-bond donors (Lipinski definition) is 1. The zero-order valence-electron chi connectivity index (χ0n) is 6.67. The SMILES string of the molecule is Nc1cnc2onc(C(F)(F)F)c2c1. The van der Waals surface area contributed by atoms with Crippen LogP contribution >= 0.6 is 0 Å². The van der Waals surface area contributed by atoms with Gasteiger partial charge in [0.2, 0.25) is 0 Å². The van der Waals surface area contributed by atoms with Gasteiger partial charge in [-0.15, -0.1) is 0 Å². The van der Waals surface area contributed by atoms with Gasteiger partial charge in [0, 0.05) is 0 Å². The van der Waals surface area contributed by atoms with Crippen LogP contribution in [0.5, 0.6) is 0 Å². The molecule has 0 radical (unpaired) electrons. The van der Waals surface area contributed by atoms with Crippen molar-refractivity contribution in [3.63, 3.8) is 0 Å². The van der Waals surface area contributed by atoms with Crippen molar-refractivity contribution in [2.24, 2.45) is 0 Å². The van der Waals surface area contributed by atoms with Crippen LogP contribution in [0.2, 0.25) is 0 Å². The molecule has 7 heteroatoms. The monoisotopic (exact) mass is 203 g/mol. The van der Waals surface area contributed by atoms with Gasteiger partial charge in [0.05, 0.1) is 17.3 Å². The molecule has 0 atom stereocenters. The molecule has 2 heterocycles. The van der Waals surface area contributed by atoms with E-state index in [0.717, 1.165) is 6.07 Å². The minimum Gasteiger partial charge on any atom is -0.397 e. The van der Waals surface area contributed by atoms with Crippen LogP contribution in [0.25, 0.3) is 11.1 Å². The lowest BCUT2D eigenvalue weighted by Gasteiger charge is -2.00. The van der Waals surface area contributed by atoms with Crippen molar-refractivity contribution in [1.29, 1.82) is 0 Å². The molecule has 0 bridgehead atoms. The fourth-order valence-corrected chi connectivity index (χ4v) is 1.05. The zero-order valence-corrected chi connectivity index (χ0v) is 6.67. The van der Waals surface area contributed by atoms with E-state index in [-0.39, 0.29) is 16.8 Å². The Hall–Kier alpha value is -1.79. The van der Waals surface area contributed by atoms with Gasteiger partial charge in [-0.25, -0.2) is 4.98 Å². The third-order valence-corrected chi connectivity index (χ3v) is 1.62. The third-order valence-electron chi connectivity index (χ3n) is 1.62. The number of fused-ring (bicyclic) bond motifs is 1. The van der Waals surface area contributed by atoms with Crippen LogP contribution in [-0.4, -0.2) is 10.1 Å². The Bertz CT molecular complexity index is 476. The van der Waals surface area contributed by atoms with Crippen LogP contribution in [0.15, 0.2) is 16.8 Å². The van der Waals surface area contributed by atoms with Crippen molar-refractivity contribution in [1.82, 2.24) is 10.1 Å². The fourth-order valence-electron chi connectivity index (χ4n) is 1.05. The maximum Gasteiger partial charge on any atom is 0.437 e. The van der Waals surface area contributed by atoms with E-state index in [0.29, 0.717) is 0 Å². The van der Waals surface area contributed by atoms with Gasteiger partial charge in [-0.2, -0.15) is 13.2 Å². The molecule has 0 aromatic carbocycles.